The summed E-state index contributed by atoms with van der Waals surface area (Å²) in [5, 5.41) is 2.29. The van der Waals surface area contributed by atoms with E-state index in [1.807, 2.05) is 0 Å². The van der Waals surface area contributed by atoms with Crippen LogP contribution in [-0.4, -0.2) is 0 Å². The first kappa shape index (κ1) is 34.0. The Balaban J connectivity index is 1.10. The van der Waals surface area contributed by atoms with Gasteiger partial charge in [0.2, 0.25) is 0 Å². The fourth-order valence-corrected chi connectivity index (χ4v) is 10.9. The highest BCUT2D eigenvalue weighted by atomic mass is 16.5. The number of fused-ring (bicyclic) bond motifs is 17. The molecule has 1 aliphatic heterocycles. The molecule has 10 aromatic carbocycles. The van der Waals surface area contributed by atoms with E-state index in [4.69, 9.17) is 4.74 Å². The molecule has 61 heavy (non-hydrogen) atoms. The van der Waals surface area contributed by atoms with Gasteiger partial charge in [-0.25, -0.2) is 0 Å². The molecule has 0 unspecified atom stereocenters. The first-order valence-corrected chi connectivity index (χ1v) is 21.1. The zero-order valence-corrected chi connectivity index (χ0v) is 33.2. The van der Waals surface area contributed by atoms with E-state index in [0.29, 0.717) is 0 Å². The highest BCUT2D eigenvalue weighted by Crippen LogP contribution is 2.65. The molecule has 2 heteroatoms. The maximum atomic E-state index is 6.81. The maximum Gasteiger partial charge on any atom is 0.135 e. The van der Waals surface area contributed by atoms with E-state index in [1.165, 1.54) is 66.8 Å². The van der Waals surface area contributed by atoms with Crippen LogP contribution < -0.4 is 9.64 Å². The smallest absolute Gasteiger partial charge is 0.135 e. The number of para-hydroxylation sites is 1. The molecule has 0 aromatic heterocycles. The molecule has 0 saturated carbocycles. The molecular weight excluding hydrogens is 739 g/mol. The second-order valence-electron chi connectivity index (χ2n) is 16.3. The van der Waals surface area contributed by atoms with Crippen LogP contribution in [0.25, 0.3) is 66.4 Å². The molecule has 0 atom stereocenters. The third kappa shape index (κ3) is 4.73. The van der Waals surface area contributed by atoms with E-state index >= 15 is 0 Å². The molecule has 2 nitrogen and oxygen atoms in total. The first-order valence-electron chi connectivity index (χ1n) is 21.1. The minimum Gasteiger partial charge on any atom is -0.456 e. The molecule has 284 valence electrons. The Bertz CT molecular complexity index is 3350. The van der Waals surface area contributed by atoms with Gasteiger partial charge < -0.3 is 9.64 Å². The van der Waals surface area contributed by atoms with Gasteiger partial charge in [-0.3, -0.25) is 0 Å². The second-order valence-corrected chi connectivity index (χ2v) is 16.3. The summed E-state index contributed by atoms with van der Waals surface area (Å²) in [6.45, 7) is 0. The van der Waals surface area contributed by atoms with Crippen LogP contribution in [-0.2, 0) is 5.41 Å². The third-order valence-corrected chi connectivity index (χ3v) is 13.3. The monoisotopic (exact) mass is 775 g/mol. The van der Waals surface area contributed by atoms with E-state index in [1.54, 1.807) is 0 Å². The van der Waals surface area contributed by atoms with Gasteiger partial charge in [-0.05, 0) is 109 Å². The summed E-state index contributed by atoms with van der Waals surface area (Å²) in [6.07, 6.45) is 0. The lowest BCUT2D eigenvalue weighted by molar-refractivity contribution is 0.488. The molecule has 10 aromatic rings. The second kappa shape index (κ2) is 13.0. The summed E-state index contributed by atoms with van der Waals surface area (Å²) in [7, 11) is 0. The van der Waals surface area contributed by atoms with Crippen molar-refractivity contribution in [2.24, 2.45) is 0 Å². The minimum absolute atomic E-state index is 0.454. The van der Waals surface area contributed by atoms with E-state index in [2.05, 4.69) is 229 Å². The lowest BCUT2D eigenvalue weighted by atomic mass is 9.70. The molecule has 1 spiro atoms. The summed E-state index contributed by atoms with van der Waals surface area (Å²) < 4.78 is 6.81. The van der Waals surface area contributed by atoms with Crippen LogP contribution in [0.1, 0.15) is 22.3 Å². The van der Waals surface area contributed by atoms with E-state index in [-0.39, 0.29) is 0 Å². The van der Waals surface area contributed by atoms with Gasteiger partial charge in [0.1, 0.15) is 11.5 Å². The molecule has 2 aliphatic carbocycles. The van der Waals surface area contributed by atoms with Crippen LogP contribution in [0.3, 0.4) is 0 Å². The number of anilines is 3. The Morgan fingerprint density at radius 3 is 1.57 bits per heavy atom. The van der Waals surface area contributed by atoms with Crippen molar-refractivity contribution in [1.29, 1.82) is 0 Å². The average molecular weight is 776 g/mol. The Morgan fingerprint density at radius 2 is 0.836 bits per heavy atom. The van der Waals surface area contributed by atoms with Crippen molar-refractivity contribution in [3.05, 3.63) is 247 Å². The van der Waals surface area contributed by atoms with Gasteiger partial charge in [0, 0.05) is 27.8 Å². The number of benzene rings is 10. The number of hydrogen-bond donors (Lipinski definition) is 0. The van der Waals surface area contributed by atoms with Crippen LogP contribution in [0.2, 0.25) is 0 Å². The van der Waals surface area contributed by atoms with E-state index < -0.39 is 5.41 Å². The van der Waals surface area contributed by atoms with E-state index in [9.17, 15) is 0 Å². The van der Waals surface area contributed by atoms with Crippen LogP contribution in [0.15, 0.2) is 224 Å². The Hall–Kier alpha value is -7.94. The summed E-state index contributed by atoms with van der Waals surface area (Å²) in [4.78, 5) is 2.50. The van der Waals surface area contributed by atoms with Gasteiger partial charge in [-0.1, -0.05) is 182 Å². The highest BCUT2D eigenvalue weighted by molar-refractivity contribution is 6.11. The van der Waals surface area contributed by atoms with Gasteiger partial charge in [0.15, 0.2) is 0 Å². The molecule has 0 radical (unpaired) electrons. The normalized spacial score (nSPS) is 13.2. The predicted octanol–water partition coefficient (Wildman–Crippen LogP) is 15.8. The highest BCUT2D eigenvalue weighted by Gasteiger charge is 2.52. The van der Waals surface area contributed by atoms with Crippen molar-refractivity contribution >= 4 is 27.8 Å². The van der Waals surface area contributed by atoms with Crippen molar-refractivity contribution in [3.63, 3.8) is 0 Å². The average Bonchev–Trinajstić information content (AvgIpc) is 3.74. The van der Waals surface area contributed by atoms with Gasteiger partial charge >= 0.3 is 0 Å². The summed E-state index contributed by atoms with van der Waals surface area (Å²) in [5.41, 5.74) is 20.2. The number of nitrogens with zero attached hydrogens (tertiary/aromatic N) is 1. The number of hydrogen-bond acceptors (Lipinski definition) is 2. The first-order chi connectivity index (χ1) is 30.3. The SMILES string of the molecule is c1ccc(-c2ccc(N(c3cccc4c3-c3ccccc3C43c4ccccc4-c4ccccc43)c3cccc4c5c(ccc34)Oc3ccccc3-c3ccccc3-5)cc2)cc1. The number of ether oxygens (including phenoxy) is 1. The summed E-state index contributed by atoms with van der Waals surface area (Å²) >= 11 is 0. The van der Waals surface area contributed by atoms with Crippen molar-refractivity contribution < 1.29 is 4.74 Å². The van der Waals surface area contributed by atoms with Crippen LogP contribution in [0, 0.1) is 0 Å². The lowest BCUT2D eigenvalue weighted by Crippen LogP contribution is -2.26. The zero-order chi connectivity index (χ0) is 40.1. The fourth-order valence-electron chi connectivity index (χ4n) is 10.9. The molecule has 0 bridgehead atoms. The topological polar surface area (TPSA) is 12.5 Å². The molecule has 0 saturated heterocycles. The lowest BCUT2D eigenvalue weighted by Gasteiger charge is -2.32. The maximum absolute atomic E-state index is 6.81. The molecule has 0 fully saturated rings. The summed E-state index contributed by atoms with van der Waals surface area (Å²) in [5.74, 6) is 1.72. The zero-order valence-electron chi connectivity index (χ0n) is 33.2. The van der Waals surface area contributed by atoms with Crippen molar-refractivity contribution in [1.82, 2.24) is 0 Å². The molecular formula is C59H37NO. The van der Waals surface area contributed by atoms with Crippen molar-refractivity contribution in [2.75, 3.05) is 4.90 Å². The Labute approximate surface area is 355 Å². The molecule has 0 N–H and O–H groups in total. The van der Waals surface area contributed by atoms with E-state index in [0.717, 1.165) is 50.5 Å². The third-order valence-electron chi connectivity index (χ3n) is 13.3. The predicted molar refractivity (Wildman–Crippen MR) is 251 cm³/mol. The van der Waals surface area contributed by atoms with Crippen molar-refractivity contribution in [3.8, 4) is 67.1 Å². The molecule has 3 aliphatic rings. The standard InChI is InChI=1S/C59H37NO/c1-2-16-38(17-3-1)39-32-34-40(35-33-39)60(53-29-14-24-47-44(53)36-37-56-57(47)46-22-5-4-18-41(46)45-21-9-13-31-55(45)61-56)54-30-15-28-52-58(54)48-23-8-12-27-51(48)59(52)49-25-10-6-19-42(49)43-20-7-11-26-50(43)59/h1-37H. The largest absolute Gasteiger partial charge is 0.456 e. The fraction of sp³-hybridized carbons (Fsp3) is 0.0169. The van der Waals surface area contributed by atoms with Gasteiger partial charge in [-0.15, -0.1) is 0 Å². The molecule has 13 rings (SSSR count). The number of rotatable bonds is 4. The van der Waals surface area contributed by atoms with Gasteiger partial charge in [0.25, 0.3) is 0 Å². The molecule has 0 amide bonds. The minimum atomic E-state index is -0.454. The summed E-state index contributed by atoms with van der Waals surface area (Å²) in [6, 6.07) is 82.2. The van der Waals surface area contributed by atoms with Gasteiger partial charge in [-0.2, -0.15) is 0 Å². The molecule has 1 heterocycles. The van der Waals surface area contributed by atoms with Crippen LogP contribution >= 0.6 is 0 Å². The Kier molecular flexibility index (Phi) is 7.26. The quantitative estimate of drug-likeness (QED) is 0.177. The van der Waals surface area contributed by atoms with Crippen LogP contribution in [0.5, 0.6) is 11.5 Å². The van der Waals surface area contributed by atoms with Crippen LogP contribution in [0.4, 0.5) is 17.1 Å². The Morgan fingerprint density at radius 1 is 0.295 bits per heavy atom. The van der Waals surface area contributed by atoms with Crippen molar-refractivity contribution in [2.45, 2.75) is 5.41 Å². The van der Waals surface area contributed by atoms with Gasteiger partial charge in [0.05, 0.1) is 16.8 Å².